The van der Waals surface area contributed by atoms with E-state index < -0.39 is 41.6 Å². The fraction of sp³-hybridized carbons (Fsp3) is 0.150. The van der Waals surface area contributed by atoms with Crippen LogP contribution < -0.4 is 16.2 Å². The first-order valence-electron chi connectivity index (χ1n) is 8.43. The highest BCUT2D eigenvalue weighted by Gasteiger charge is 2.21. The van der Waals surface area contributed by atoms with E-state index in [0.29, 0.717) is 0 Å². The molecule has 2 rings (SSSR count). The number of hydrogen-bond donors (Lipinski definition) is 2. The molecule has 2 aromatic carbocycles. The molecule has 0 aromatic heterocycles. The van der Waals surface area contributed by atoms with Gasteiger partial charge in [-0.1, -0.05) is 0 Å². The van der Waals surface area contributed by atoms with Crippen molar-refractivity contribution in [3.05, 3.63) is 70.7 Å². The number of benzene rings is 2. The lowest BCUT2D eigenvalue weighted by molar-refractivity contribution is -0.137. The van der Waals surface area contributed by atoms with Gasteiger partial charge in [-0.2, -0.15) is 0 Å². The van der Waals surface area contributed by atoms with Crippen molar-refractivity contribution in [3.8, 4) is 5.75 Å². The molecule has 0 heterocycles. The molecule has 2 aromatic rings. The summed E-state index contributed by atoms with van der Waals surface area (Å²) < 4.78 is 50.0. The van der Waals surface area contributed by atoms with Gasteiger partial charge in [-0.15, -0.1) is 0 Å². The van der Waals surface area contributed by atoms with E-state index >= 15 is 0 Å². The second-order valence-electron chi connectivity index (χ2n) is 6.00. The van der Waals surface area contributed by atoms with Crippen LogP contribution in [-0.4, -0.2) is 31.3 Å². The number of ether oxygens (including phenoxy) is 2. The first-order valence-corrected chi connectivity index (χ1v) is 8.43. The molecule has 10 heteroatoms. The molecule has 0 aliphatic rings. The number of carbonyl (C=O) groups excluding carboxylic acids is 2. The van der Waals surface area contributed by atoms with Gasteiger partial charge in [-0.05, 0) is 31.2 Å². The van der Waals surface area contributed by atoms with E-state index in [0.717, 1.165) is 24.3 Å². The number of allylic oxidation sites excluding steroid dienone is 1. The van der Waals surface area contributed by atoms with Gasteiger partial charge in [0.15, 0.2) is 18.2 Å². The van der Waals surface area contributed by atoms with Crippen molar-refractivity contribution in [2.24, 2.45) is 16.5 Å². The fourth-order valence-corrected chi connectivity index (χ4v) is 2.35. The van der Waals surface area contributed by atoms with Crippen molar-refractivity contribution in [1.29, 1.82) is 0 Å². The Balaban J connectivity index is 2.16. The van der Waals surface area contributed by atoms with Gasteiger partial charge in [0.1, 0.15) is 23.0 Å². The minimum atomic E-state index is -1.16. The maximum Gasteiger partial charge on any atom is 0.344 e. The Labute approximate surface area is 169 Å². The predicted octanol–water partition coefficient (Wildman–Crippen LogP) is 2.76. The molecule has 0 bridgehead atoms. The number of Topliss-reactive ketones (excluding diaryl/α,β-unsaturated/α-hetero) is 1. The smallest absolute Gasteiger partial charge is 0.344 e. The maximum atomic E-state index is 14.0. The van der Waals surface area contributed by atoms with Crippen LogP contribution in [0.5, 0.6) is 5.75 Å². The monoisotopic (exact) mass is 421 g/mol. The summed E-state index contributed by atoms with van der Waals surface area (Å²) in [6.45, 7) is 0.534. The van der Waals surface area contributed by atoms with Crippen molar-refractivity contribution in [1.82, 2.24) is 0 Å². The van der Waals surface area contributed by atoms with Gasteiger partial charge < -0.3 is 20.9 Å². The van der Waals surface area contributed by atoms with Gasteiger partial charge in [0.05, 0.1) is 18.4 Å². The number of methoxy groups -OCH3 is 1. The largest absolute Gasteiger partial charge is 0.497 e. The van der Waals surface area contributed by atoms with Crippen molar-refractivity contribution in [2.45, 2.75) is 6.92 Å². The molecule has 30 heavy (non-hydrogen) atoms. The number of nitrogens with zero attached hydrogens (tertiary/aromatic N) is 1. The number of carbonyl (C=O) groups is 2. The van der Waals surface area contributed by atoms with Gasteiger partial charge in [0.25, 0.3) is 0 Å². The molecule has 0 amide bonds. The summed E-state index contributed by atoms with van der Waals surface area (Å²) in [6, 6.07) is 6.31. The Morgan fingerprint density at radius 1 is 1.00 bits per heavy atom. The number of amidine groups is 1. The van der Waals surface area contributed by atoms with Crippen LogP contribution in [0.15, 0.2) is 52.7 Å². The zero-order valence-corrected chi connectivity index (χ0v) is 16.0. The van der Waals surface area contributed by atoms with Crippen LogP contribution in [0.4, 0.5) is 18.9 Å². The highest BCUT2D eigenvalue weighted by molar-refractivity contribution is 6.19. The van der Waals surface area contributed by atoms with E-state index in [2.05, 4.69) is 4.99 Å². The third kappa shape index (κ3) is 5.37. The maximum absolute atomic E-state index is 14.0. The van der Waals surface area contributed by atoms with Crippen LogP contribution in [0.3, 0.4) is 0 Å². The predicted molar refractivity (Wildman–Crippen MR) is 103 cm³/mol. The molecule has 0 unspecified atom stereocenters. The Morgan fingerprint density at radius 2 is 1.70 bits per heavy atom. The van der Waals surface area contributed by atoms with Crippen molar-refractivity contribution in [3.63, 3.8) is 0 Å². The summed E-state index contributed by atoms with van der Waals surface area (Å²) >= 11 is 0. The Morgan fingerprint density at radius 3 is 2.27 bits per heavy atom. The van der Waals surface area contributed by atoms with Crippen LogP contribution in [-0.2, 0) is 9.53 Å². The Bertz CT molecular complexity index is 1050. The number of esters is 1. The molecule has 4 N–H and O–H groups in total. The molecule has 158 valence electrons. The molecule has 0 radical (unpaired) electrons. The lowest BCUT2D eigenvalue weighted by Gasteiger charge is -2.10. The third-order valence-corrected chi connectivity index (χ3v) is 3.82. The highest BCUT2D eigenvalue weighted by Crippen LogP contribution is 2.19. The van der Waals surface area contributed by atoms with E-state index in [1.54, 1.807) is 0 Å². The Kier molecular flexibility index (Phi) is 7.18. The first kappa shape index (κ1) is 22.5. The summed E-state index contributed by atoms with van der Waals surface area (Å²) in [7, 11) is 1.34. The van der Waals surface area contributed by atoms with Crippen molar-refractivity contribution >= 4 is 23.3 Å². The quantitative estimate of drug-likeness (QED) is 0.233. The lowest BCUT2D eigenvalue weighted by Crippen LogP contribution is -2.27. The molecule has 0 atom stereocenters. The second-order valence-corrected chi connectivity index (χ2v) is 6.00. The molecule has 0 saturated heterocycles. The third-order valence-electron chi connectivity index (χ3n) is 3.82. The number of rotatable bonds is 7. The molecule has 0 saturated carbocycles. The van der Waals surface area contributed by atoms with Crippen molar-refractivity contribution in [2.75, 3.05) is 13.7 Å². The topological polar surface area (TPSA) is 117 Å². The van der Waals surface area contributed by atoms with Gasteiger partial charge in [-0.25, -0.2) is 23.0 Å². The molecule has 0 fully saturated rings. The first-order chi connectivity index (χ1) is 14.1. The van der Waals surface area contributed by atoms with Gasteiger partial charge in [0.2, 0.25) is 5.78 Å². The molecular formula is C20H18F3N3O4. The fourth-order valence-electron chi connectivity index (χ4n) is 2.35. The van der Waals surface area contributed by atoms with E-state index in [-0.39, 0.29) is 28.3 Å². The summed E-state index contributed by atoms with van der Waals surface area (Å²) in [5, 5.41) is 0. The van der Waals surface area contributed by atoms with Crippen LogP contribution in [0.2, 0.25) is 0 Å². The zero-order chi connectivity index (χ0) is 22.4. The number of halogens is 3. The standard InChI is InChI=1S/C20H18F3N3O4/c1-10(24)18(19(25)26-11-3-6-14(21)16(23)7-11)20(28)30-9-17(27)13-5-4-12(29-2)8-15(13)22/h3-8H,9,24H2,1-2H3,(H2,25,26). The second kappa shape index (κ2) is 9.59. The molecule has 7 nitrogen and oxygen atoms in total. The number of ketones is 1. The van der Waals surface area contributed by atoms with E-state index in [1.807, 2.05) is 0 Å². The summed E-state index contributed by atoms with van der Waals surface area (Å²) in [4.78, 5) is 28.3. The minimum absolute atomic E-state index is 0.0747. The van der Waals surface area contributed by atoms with Crippen LogP contribution in [0.25, 0.3) is 0 Å². The zero-order valence-electron chi connectivity index (χ0n) is 16.0. The van der Waals surface area contributed by atoms with Gasteiger partial charge in [-0.3, -0.25) is 4.79 Å². The van der Waals surface area contributed by atoms with Crippen LogP contribution in [0.1, 0.15) is 17.3 Å². The molecule has 0 spiro atoms. The summed E-state index contributed by atoms with van der Waals surface area (Å²) in [5.74, 6) is -5.22. The summed E-state index contributed by atoms with van der Waals surface area (Å²) in [5.41, 5.74) is 10.6. The average molecular weight is 421 g/mol. The van der Waals surface area contributed by atoms with E-state index in [1.165, 1.54) is 26.2 Å². The minimum Gasteiger partial charge on any atom is -0.497 e. The van der Waals surface area contributed by atoms with Crippen LogP contribution in [0, 0.1) is 17.5 Å². The molecule has 0 aliphatic heterocycles. The Hall–Kier alpha value is -3.82. The SMILES string of the molecule is COc1ccc(C(=O)COC(=O)C(C(N)=Nc2ccc(F)c(F)c2)=C(C)N)c(F)c1. The molecular weight excluding hydrogens is 403 g/mol. The molecule has 0 aliphatic carbocycles. The normalized spacial score (nSPS) is 12.2. The van der Waals surface area contributed by atoms with E-state index in [9.17, 15) is 22.8 Å². The van der Waals surface area contributed by atoms with Gasteiger partial charge in [0, 0.05) is 17.8 Å². The van der Waals surface area contributed by atoms with Crippen LogP contribution >= 0.6 is 0 Å². The van der Waals surface area contributed by atoms with E-state index in [4.69, 9.17) is 20.9 Å². The summed E-state index contributed by atoms with van der Waals surface area (Å²) in [6.07, 6.45) is 0. The lowest BCUT2D eigenvalue weighted by atomic mass is 10.1. The number of hydrogen-bond acceptors (Lipinski definition) is 6. The average Bonchev–Trinajstić information content (AvgIpc) is 2.68. The number of aliphatic imine (C=N–C) groups is 1. The van der Waals surface area contributed by atoms with Gasteiger partial charge >= 0.3 is 5.97 Å². The highest BCUT2D eigenvalue weighted by atomic mass is 19.2. The van der Waals surface area contributed by atoms with Crippen molar-refractivity contribution < 1.29 is 32.2 Å². The number of nitrogens with two attached hydrogens (primary N) is 2.